The maximum Gasteiger partial charge on any atom is 0.305 e. The lowest BCUT2D eigenvalue weighted by atomic mass is 9.43. The summed E-state index contributed by atoms with van der Waals surface area (Å²) in [5.41, 5.74) is 0.507. The quantitative estimate of drug-likeness (QED) is 0.527. The number of carbonyl (C=O) groups excluding carboxylic acids is 1. The van der Waals surface area contributed by atoms with Gasteiger partial charge in [-0.1, -0.05) is 27.7 Å². The molecular weight excluding hydrogens is 372 g/mol. The van der Waals surface area contributed by atoms with E-state index in [9.17, 15) is 9.90 Å². The van der Waals surface area contributed by atoms with Crippen molar-refractivity contribution in [2.75, 3.05) is 7.11 Å². The van der Waals surface area contributed by atoms with Gasteiger partial charge < -0.3 is 9.84 Å². The van der Waals surface area contributed by atoms with Crippen molar-refractivity contribution in [3.8, 4) is 0 Å². The molecule has 3 nitrogen and oxygen atoms in total. The second kappa shape index (κ2) is 8.09. The molecule has 4 aliphatic carbocycles. The summed E-state index contributed by atoms with van der Waals surface area (Å²) in [7, 11) is 1.50. The topological polar surface area (TPSA) is 46.5 Å². The number of hydrogen-bond donors (Lipinski definition) is 1. The third kappa shape index (κ3) is 3.55. The highest BCUT2D eigenvalue weighted by Crippen LogP contribution is 2.69. The second-order valence-electron chi connectivity index (χ2n) is 12.3. The van der Waals surface area contributed by atoms with E-state index >= 15 is 0 Å². The summed E-state index contributed by atoms with van der Waals surface area (Å²) in [5, 5.41) is 11.0. The zero-order valence-corrected chi connectivity index (χ0v) is 20.2. The lowest BCUT2D eigenvalue weighted by Crippen LogP contribution is -2.56. The molecule has 1 N–H and O–H groups in total. The Morgan fingerprint density at radius 3 is 2.47 bits per heavy atom. The van der Waals surface area contributed by atoms with E-state index in [-0.39, 0.29) is 5.97 Å². The van der Waals surface area contributed by atoms with Gasteiger partial charge in [-0.05, 0) is 117 Å². The summed E-state index contributed by atoms with van der Waals surface area (Å²) in [6.45, 7) is 9.75. The molecule has 0 saturated heterocycles. The lowest BCUT2D eigenvalue weighted by molar-refractivity contribution is -0.153. The van der Waals surface area contributed by atoms with E-state index in [1.54, 1.807) is 0 Å². The Hall–Kier alpha value is -0.570. The van der Waals surface area contributed by atoms with Crippen molar-refractivity contribution in [2.45, 2.75) is 110 Å². The number of rotatable bonds is 5. The molecule has 4 aliphatic rings. The zero-order valence-electron chi connectivity index (χ0n) is 20.2. The molecular formula is C27H46O3. The van der Waals surface area contributed by atoms with Crippen LogP contribution in [-0.4, -0.2) is 23.8 Å². The predicted octanol–water partition coefficient (Wildman–Crippen LogP) is 6.38. The summed E-state index contributed by atoms with van der Waals surface area (Å²) in [6.07, 6.45) is 13.9. The summed E-state index contributed by atoms with van der Waals surface area (Å²) < 4.78 is 4.89. The van der Waals surface area contributed by atoms with Gasteiger partial charge in [-0.25, -0.2) is 0 Å². The average molecular weight is 419 g/mol. The number of fused-ring (bicyclic) bond motifs is 5. The van der Waals surface area contributed by atoms with Crippen LogP contribution in [0.5, 0.6) is 0 Å². The predicted molar refractivity (Wildman–Crippen MR) is 121 cm³/mol. The molecule has 4 rings (SSSR count). The van der Waals surface area contributed by atoms with Crippen molar-refractivity contribution in [3.63, 3.8) is 0 Å². The van der Waals surface area contributed by atoms with E-state index in [4.69, 9.17) is 4.74 Å². The van der Waals surface area contributed by atoms with Crippen molar-refractivity contribution in [2.24, 2.45) is 46.3 Å². The highest BCUT2D eigenvalue weighted by atomic mass is 16.5. The summed E-state index contributed by atoms with van der Waals surface area (Å²) in [5.74, 6) is 4.65. The fourth-order valence-electron chi connectivity index (χ4n) is 9.27. The fraction of sp³-hybridized carbons (Fsp3) is 0.963. The second-order valence-corrected chi connectivity index (χ2v) is 12.3. The fourth-order valence-corrected chi connectivity index (χ4v) is 9.27. The van der Waals surface area contributed by atoms with Crippen molar-refractivity contribution < 1.29 is 14.6 Å². The monoisotopic (exact) mass is 418 g/mol. The maximum absolute atomic E-state index is 11.7. The van der Waals surface area contributed by atoms with Crippen LogP contribution in [0.4, 0.5) is 0 Å². The van der Waals surface area contributed by atoms with Gasteiger partial charge >= 0.3 is 5.97 Å². The standard InChI is InChI=1S/C27H46O3/c1-6-27(29)16-15-25(3)19(17-27)8-9-20-22-11-10-21(18(2)7-12-24(28)30-5)26(22,4)14-13-23(20)25/h18-23,29H,6-17H2,1-5H3/t18?,19-,20-,21+,22-,23-,25-,26+,27-/m0/s1. The number of esters is 1. The molecule has 0 spiro atoms. The Labute approximate surface area is 184 Å². The minimum Gasteiger partial charge on any atom is -0.469 e. The van der Waals surface area contributed by atoms with Gasteiger partial charge in [0, 0.05) is 6.42 Å². The third-order valence-electron chi connectivity index (χ3n) is 11.3. The molecule has 30 heavy (non-hydrogen) atoms. The van der Waals surface area contributed by atoms with Crippen LogP contribution in [0.3, 0.4) is 0 Å². The molecule has 0 aromatic carbocycles. The lowest BCUT2D eigenvalue weighted by Gasteiger charge is -2.62. The largest absolute Gasteiger partial charge is 0.469 e. The molecule has 0 aliphatic heterocycles. The molecule has 0 amide bonds. The minimum atomic E-state index is -0.395. The minimum absolute atomic E-state index is 0.0548. The third-order valence-corrected chi connectivity index (χ3v) is 11.3. The van der Waals surface area contributed by atoms with Gasteiger partial charge in [-0.15, -0.1) is 0 Å². The van der Waals surface area contributed by atoms with E-state index in [2.05, 4.69) is 27.7 Å². The van der Waals surface area contributed by atoms with Gasteiger partial charge in [0.25, 0.3) is 0 Å². The molecule has 0 aromatic heterocycles. The molecule has 9 atom stereocenters. The molecule has 172 valence electrons. The van der Waals surface area contributed by atoms with Gasteiger partial charge in [0.15, 0.2) is 0 Å². The number of carbonyl (C=O) groups is 1. The van der Waals surface area contributed by atoms with Crippen molar-refractivity contribution in [1.29, 1.82) is 0 Å². The maximum atomic E-state index is 11.7. The Balaban J connectivity index is 1.48. The highest BCUT2D eigenvalue weighted by molar-refractivity contribution is 5.69. The first-order valence-electron chi connectivity index (χ1n) is 13.0. The van der Waals surface area contributed by atoms with Crippen LogP contribution in [0, 0.1) is 46.3 Å². The van der Waals surface area contributed by atoms with Crippen molar-refractivity contribution in [1.82, 2.24) is 0 Å². The van der Waals surface area contributed by atoms with Crippen LogP contribution < -0.4 is 0 Å². The van der Waals surface area contributed by atoms with E-state index < -0.39 is 5.60 Å². The molecule has 4 fully saturated rings. The molecule has 3 heteroatoms. The molecule has 0 radical (unpaired) electrons. The number of methoxy groups -OCH3 is 1. The molecule has 4 saturated carbocycles. The van der Waals surface area contributed by atoms with Crippen LogP contribution >= 0.6 is 0 Å². The van der Waals surface area contributed by atoms with Gasteiger partial charge in [-0.3, -0.25) is 4.79 Å². The van der Waals surface area contributed by atoms with Crippen LogP contribution in [0.1, 0.15) is 105 Å². The van der Waals surface area contributed by atoms with Crippen molar-refractivity contribution in [3.05, 3.63) is 0 Å². The first kappa shape index (κ1) is 22.6. The molecule has 0 bridgehead atoms. The first-order chi connectivity index (χ1) is 14.2. The van der Waals surface area contributed by atoms with Crippen LogP contribution in [0.2, 0.25) is 0 Å². The smallest absolute Gasteiger partial charge is 0.305 e. The number of aliphatic hydroxyl groups is 1. The molecule has 1 unspecified atom stereocenters. The van der Waals surface area contributed by atoms with Gasteiger partial charge in [0.05, 0.1) is 12.7 Å². The van der Waals surface area contributed by atoms with E-state index in [0.29, 0.717) is 23.2 Å². The molecule has 0 heterocycles. The summed E-state index contributed by atoms with van der Waals surface area (Å²) in [6, 6.07) is 0. The average Bonchev–Trinajstić information content (AvgIpc) is 3.09. The van der Waals surface area contributed by atoms with Crippen LogP contribution in [0.25, 0.3) is 0 Å². The summed E-state index contributed by atoms with van der Waals surface area (Å²) >= 11 is 0. The van der Waals surface area contributed by atoms with Gasteiger partial charge in [0.1, 0.15) is 0 Å². The molecule has 0 aromatic rings. The Kier molecular flexibility index (Phi) is 6.10. The van der Waals surface area contributed by atoms with Gasteiger partial charge in [-0.2, -0.15) is 0 Å². The Bertz CT molecular complexity index is 646. The highest BCUT2D eigenvalue weighted by Gasteiger charge is 2.61. The normalized spacial score (nSPS) is 48.9. The zero-order chi connectivity index (χ0) is 21.7. The summed E-state index contributed by atoms with van der Waals surface area (Å²) in [4.78, 5) is 11.7. The van der Waals surface area contributed by atoms with Crippen LogP contribution in [-0.2, 0) is 9.53 Å². The first-order valence-corrected chi connectivity index (χ1v) is 13.0. The SMILES string of the molecule is CC[C@]1(O)CC[C@@]2(C)[C@@H](CC[C@@H]3[C@@H]2CC[C@]2(C)[C@@H](C(C)CCC(=O)OC)CC[C@@H]32)C1. The number of ether oxygens (including phenoxy) is 1. The Morgan fingerprint density at radius 2 is 1.77 bits per heavy atom. The van der Waals surface area contributed by atoms with Gasteiger partial charge in [0.2, 0.25) is 0 Å². The van der Waals surface area contributed by atoms with Crippen molar-refractivity contribution >= 4 is 5.97 Å². The van der Waals surface area contributed by atoms with E-state index in [1.165, 1.54) is 52.1 Å². The number of hydrogen-bond acceptors (Lipinski definition) is 3. The van der Waals surface area contributed by atoms with E-state index in [0.717, 1.165) is 55.3 Å². The Morgan fingerprint density at radius 1 is 1.03 bits per heavy atom. The van der Waals surface area contributed by atoms with Crippen LogP contribution in [0.15, 0.2) is 0 Å². The van der Waals surface area contributed by atoms with E-state index in [1.807, 2.05) is 0 Å².